The summed E-state index contributed by atoms with van der Waals surface area (Å²) in [4.78, 5) is 2.12. The smallest absolute Gasteiger partial charge is 0.174 e. The molecule has 2 rings (SSSR count). The van der Waals surface area contributed by atoms with E-state index in [0.717, 1.165) is 18.8 Å². The van der Waals surface area contributed by atoms with Crippen molar-refractivity contribution in [2.75, 3.05) is 25.1 Å². The zero-order valence-corrected chi connectivity index (χ0v) is 8.03. The third kappa shape index (κ3) is 1.59. The van der Waals surface area contributed by atoms with Crippen molar-refractivity contribution in [3.8, 4) is 0 Å². The molecule has 5 heteroatoms. The fourth-order valence-electron chi connectivity index (χ4n) is 1.33. The van der Waals surface area contributed by atoms with Crippen molar-refractivity contribution in [2.24, 2.45) is 0 Å². The first-order valence-electron chi connectivity index (χ1n) is 4.06. The van der Waals surface area contributed by atoms with Gasteiger partial charge in [0, 0.05) is 20.2 Å². The van der Waals surface area contributed by atoms with Gasteiger partial charge in [0.2, 0.25) is 0 Å². The Hall–Kier alpha value is -0.870. The van der Waals surface area contributed by atoms with Crippen molar-refractivity contribution >= 4 is 17.3 Å². The Balaban J connectivity index is 2.07. The molecule has 4 nitrogen and oxygen atoms in total. The Morgan fingerprint density at radius 1 is 1.62 bits per heavy atom. The van der Waals surface area contributed by atoms with Crippen LogP contribution in [0.25, 0.3) is 0 Å². The number of methoxy groups -OCH3 is 1. The molecular weight excluding hydrogens is 190 g/mol. The van der Waals surface area contributed by atoms with Crippen molar-refractivity contribution in [1.82, 2.24) is 10.2 Å². The van der Waals surface area contributed by atoms with Crippen LogP contribution in [0.2, 0.25) is 5.15 Å². The molecule has 1 fully saturated rings. The van der Waals surface area contributed by atoms with Gasteiger partial charge in [0.05, 0.1) is 18.0 Å². The molecule has 1 aliphatic rings. The number of ether oxygens (including phenoxy) is 1. The van der Waals surface area contributed by atoms with E-state index in [9.17, 15) is 0 Å². The highest BCUT2D eigenvalue weighted by Gasteiger charge is 2.28. The Labute approximate surface area is 81.5 Å². The molecule has 0 amide bonds. The predicted octanol–water partition coefficient (Wildman–Crippen LogP) is 0.965. The largest absolute Gasteiger partial charge is 0.378 e. The van der Waals surface area contributed by atoms with E-state index >= 15 is 0 Å². The van der Waals surface area contributed by atoms with E-state index in [2.05, 4.69) is 15.1 Å². The van der Waals surface area contributed by atoms with Crippen molar-refractivity contribution in [1.29, 1.82) is 0 Å². The first-order chi connectivity index (χ1) is 6.31. The Morgan fingerprint density at radius 2 is 2.38 bits per heavy atom. The second-order valence-corrected chi connectivity index (χ2v) is 3.33. The maximum atomic E-state index is 5.87. The number of hydrogen-bond donors (Lipinski definition) is 0. The summed E-state index contributed by atoms with van der Waals surface area (Å²) in [5.74, 6) is 0. The minimum atomic E-state index is 0.323. The number of rotatable bonds is 2. The lowest BCUT2D eigenvalue weighted by molar-refractivity contribution is 0.0787. The molecule has 1 aromatic heterocycles. The molecule has 70 valence electrons. The van der Waals surface area contributed by atoms with Crippen LogP contribution in [0, 0.1) is 0 Å². The summed E-state index contributed by atoms with van der Waals surface area (Å²) in [6, 6.07) is 1.86. The first-order valence-corrected chi connectivity index (χ1v) is 4.44. The summed E-state index contributed by atoms with van der Waals surface area (Å²) < 4.78 is 5.16. The molecule has 2 heterocycles. The minimum absolute atomic E-state index is 0.323. The van der Waals surface area contributed by atoms with Gasteiger partial charge in [0.15, 0.2) is 5.15 Å². The molecule has 0 spiro atoms. The fourth-order valence-corrected chi connectivity index (χ4v) is 1.55. The van der Waals surface area contributed by atoms with Gasteiger partial charge in [-0.1, -0.05) is 11.6 Å². The highest BCUT2D eigenvalue weighted by molar-refractivity contribution is 6.31. The number of hydrogen-bond acceptors (Lipinski definition) is 4. The second kappa shape index (κ2) is 3.47. The zero-order chi connectivity index (χ0) is 9.26. The van der Waals surface area contributed by atoms with Crippen LogP contribution in [0.3, 0.4) is 0 Å². The lowest BCUT2D eigenvalue weighted by atomic mass is 10.1. The van der Waals surface area contributed by atoms with Crippen molar-refractivity contribution < 1.29 is 4.74 Å². The minimum Gasteiger partial charge on any atom is -0.378 e. The molecule has 13 heavy (non-hydrogen) atoms. The molecule has 0 aliphatic carbocycles. The third-order valence-corrected chi connectivity index (χ3v) is 2.45. The van der Waals surface area contributed by atoms with Crippen LogP contribution < -0.4 is 4.90 Å². The second-order valence-electron chi connectivity index (χ2n) is 2.97. The molecule has 0 atom stereocenters. The summed E-state index contributed by atoms with van der Waals surface area (Å²) in [6.45, 7) is 1.75. The highest BCUT2D eigenvalue weighted by atomic mass is 35.5. The number of aromatic nitrogens is 2. The van der Waals surface area contributed by atoms with Gasteiger partial charge < -0.3 is 9.64 Å². The quantitative estimate of drug-likeness (QED) is 0.712. The van der Waals surface area contributed by atoms with Crippen molar-refractivity contribution in [3.05, 3.63) is 17.4 Å². The predicted molar refractivity (Wildman–Crippen MR) is 50.1 cm³/mol. The van der Waals surface area contributed by atoms with Gasteiger partial charge >= 0.3 is 0 Å². The van der Waals surface area contributed by atoms with Crippen LogP contribution >= 0.6 is 11.6 Å². The number of nitrogens with zero attached hydrogens (tertiary/aromatic N) is 3. The van der Waals surface area contributed by atoms with E-state index in [0.29, 0.717) is 11.3 Å². The first kappa shape index (κ1) is 8.72. The van der Waals surface area contributed by atoms with Crippen LogP contribution in [-0.2, 0) is 4.74 Å². The van der Waals surface area contributed by atoms with Crippen molar-refractivity contribution in [2.45, 2.75) is 6.10 Å². The van der Waals surface area contributed by atoms with Crippen LogP contribution in [0.1, 0.15) is 0 Å². The number of anilines is 1. The van der Waals surface area contributed by atoms with E-state index in [1.165, 1.54) is 0 Å². The van der Waals surface area contributed by atoms with Gasteiger partial charge in [-0.3, -0.25) is 0 Å². The van der Waals surface area contributed by atoms with Gasteiger partial charge in [-0.2, -0.15) is 5.10 Å². The Bertz CT molecular complexity index is 301. The highest BCUT2D eigenvalue weighted by Crippen LogP contribution is 2.26. The topological polar surface area (TPSA) is 38.2 Å². The van der Waals surface area contributed by atoms with E-state index < -0.39 is 0 Å². The van der Waals surface area contributed by atoms with E-state index in [-0.39, 0.29) is 0 Å². The SMILES string of the molecule is COC1CN(c2ccnnc2Cl)C1. The molecule has 1 aromatic rings. The van der Waals surface area contributed by atoms with Gasteiger partial charge in [0.1, 0.15) is 0 Å². The third-order valence-electron chi connectivity index (χ3n) is 2.18. The standard InChI is InChI=1S/C8H10ClN3O/c1-13-6-4-12(5-6)7-2-3-10-11-8(7)9/h2-3,6H,4-5H2,1H3. The molecule has 0 aromatic carbocycles. The van der Waals surface area contributed by atoms with Gasteiger partial charge in [0.25, 0.3) is 0 Å². The van der Waals surface area contributed by atoms with Crippen LogP contribution in [0.4, 0.5) is 5.69 Å². The Kier molecular flexibility index (Phi) is 2.33. The monoisotopic (exact) mass is 199 g/mol. The van der Waals surface area contributed by atoms with Gasteiger partial charge in [-0.25, -0.2) is 0 Å². The summed E-state index contributed by atoms with van der Waals surface area (Å²) >= 11 is 5.87. The van der Waals surface area contributed by atoms with Crippen molar-refractivity contribution in [3.63, 3.8) is 0 Å². The maximum Gasteiger partial charge on any atom is 0.174 e. The molecule has 0 bridgehead atoms. The van der Waals surface area contributed by atoms with Crippen LogP contribution in [0.5, 0.6) is 0 Å². The molecule has 0 saturated carbocycles. The fraction of sp³-hybridized carbons (Fsp3) is 0.500. The molecular formula is C8H10ClN3O. The maximum absolute atomic E-state index is 5.87. The number of halogens is 1. The lowest BCUT2D eigenvalue weighted by Gasteiger charge is -2.39. The molecule has 0 unspecified atom stereocenters. The van der Waals surface area contributed by atoms with E-state index in [1.54, 1.807) is 13.3 Å². The average Bonchev–Trinajstić information content (AvgIpc) is 2.06. The normalized spacial score (nSPS) is 17.2. The molecule has 0 N–H and O–H groups in total. The lowest BCUT2D eigenvalue weighted by Crippen LogP contribution is -2.52. The van der Waals surface area contributed by atoms with Crippen LogP contribution in [0.15, 0.2) is 12.3 Å². The molecule has 0 radical (unpaired) electrons. The molecule has 1 saturated heterocycles. The summed E-state index contributed by atoms with van der Waals surface area (Å²) in [5, 5.41) is 7.91. The average molecular weight is 200 g/mol. The van der Waals surface area contributed by atoms with Gasteiger partial charge in [-0.15, -0.1) is 5.10 Å². The molecule has 1 aliphatic heterocycles. The van der Waals surface area contributed by atoms with E-state index in [4.69, 9.17) is 16.3 Å². The van der Waals surface area contributed by atoms with Crippen LogP contribution in [-0.4, -0.2) is 36.5 Å². The van der Waals surface area contributed by atoms with E-state index in [1.807, 2.05) is 6.07 Å². The van der Waals surface area contributed by atoms with Gasteiger partial charge in [-0.05, 0) is 6.07 Å². The summed E-state index contributed by atoms with van der Waals surface area (Å²) in [7, 11) is 1.72. The Morgan fingerprint density at radius 3 is 3.00 bits per heavy atom. The summed E-state index contributed by atoms with van der Waals surface area (Å²) in [5.41, 5.74) is 0.935. The zero-order valence-electron chi connectivity index (χ0n) is 7.27. The summed E-state index contributed by atoms with van der Waals surface area (Å²) in [6.07, 6.45) is 1.96.